The molecule has 1 amide bonds. The Labute approximate surface area is 126 Å². The summed E-state index contributed by atoms with van der Waals surface area (Å²) in [5.74, 6) is -0.869. The Morgan fingerprint density at radius 1 is 1.35 bits per heavy atom. The van der Waals surface area contributed by atoms with Crippen LogP contribution in [0.1, 0.15) is 52.9 Å². The van der Waals surface area contributed by atoms with E-state index in [1.807, 2.05) is 0 Å². The van der Waals surface area contributed by atoms with Crippen LogP contribution in [-0.4, -0.2) is 17.9 Å². The molecule has 94 valence electrons. The van der Waals surface area contributed by atoms with Crippen LogP contribution < -0.4 is 40.0 Å². The van der Waals surface area contributed by atoms with Gasteiger partial charge in [-0.3, -0.25) is 4.79 Å². The largest absolute Gasteiger partial charge is 1.00 e. The van der Waals surface area contributed by atoms with Gasteiger partial charge in [0, 0.05) is 25.4 Å². The van der Waals surface area contributed by atoms with Crippen molar-refractivity contribution in [2.45, 2.75) is 58.9 Å². The topological polar surface area (TPSA) is 69.2 Å². The van der Waals surface area contributed by atoms with E-state index in [1.165, 1.54) is 6.92 Å². The van der Waals surface area contributed by atoms with Crippen LogP contribution >= 0.6 is 0 Å². The summed E-state index contributed by atoms with van der Waals surface area (Å²) in [4.78, 5) is 21.4. The maximum atomic E-state index is 10.9. The van der Waals surface area contributed by atoms with Crippen molar-refractivity contribution in [3.63, 3.8) is 0 Å². The van der Waals surface area contributed by atoms with E-state index in [0.717, 1.165) is 19.3 Å². The summed E-state index contributed by atoms with van der Waals surface area (Å²) < 4.78 is 0. The number of amides is 1. The van der Waals surface area contributed by atoms with Crippen LogP contribution in [0.3, 0.4) is 0 Å². The number of hydrogen-bond donors (Lipinski definition) is 1. The van der Waals surface area contributed by atoms with Gasteiger partial charge in [-0.1, -0.05) is 33.1 Å². The molecule has 0 aliphatic rings. The molecule has 0 aromatic rings. The molecular formula is C12H22NNaO3. The fourth-order valence-electron chi connectivity index (χ4n) is 1.84. The summed E-state index contributed by atoms with van der Waals surface area (Å²) in [6.45, 7) is 5.61. The smallest absolute Gasteiger partial charge is 0.550 e. The Morgan fingerprint density at radius 2 is 1.94 bits per heavy atom. The summed E-state index contributed by atoms with van der Waals surface area (Å²) in [7, 11) is 0. The van der Waals surface area contributed by atoms with Gasteiger partial charge in [0.05, 0.1) is 0 Å². The third-order valence-corrected chi connectivity index (χ3v) is 2.56. The molecule has 4 nitrogen and oxygen atoms in total. The average molecular weight is 251 g/mol. The monoisotopic (exact) mass is 251 g/mol. The number of unbranched alkanes of at least 4 members (excludes halogenated alkanes) is 1. The second kappa shape index (κ2) is 11.1. The molecule has 0 radical (unpaired) electrons. The van der Waals surface area contributed by atoms with Gasteiger partial charge in [-0.15, -0.1) is 0 Å². The molecule has 0 saturated carbocycles. The van der Waals surface area contributed by atoms with Crippen molar-refractivity contribution in [1.29, 1.82) is 0 Å². The van der Waals surface area contributed by atoms with Gasteiger partial charge >= 0.3 is 29.6 Å². The summed E-state index contributed by atoms with van der Waals surface area (Å²) in [6.07, 6.45) is 3.94. The van der Waals surface area contributed by atoms with Gasteiger partial charge in [0.2, 0.25) is 5.91 Å². The molecule has 0 bridgehead atoms. The average Bonchev–Trinajstić information content (AvgIpc) is 2.12. The van der Waals surface area contributed by atoms with Crippen LogP contribution in [0.15, 0.2) is 0 Å². The second-order valence-corrected chi connectivity index (χ2v) is 4.46. The Balaban J connectivity index is 0. The van der Waals surface area contributed by atoms with Crippen molar-refractivity contribution in [2.75, 3.05) is 0 Å². The zero-order valence-corrected chi connectivity index (χ0v) is 13.4. The molecule has 0 heterocycles. The maximum absolute atomic E-state index is 10.9. The number of carbonyl (C=O) groups excluding carboxylic acids is 2. The van der Waals surface area contributed by atoms with Gasteiger partial charge in [0.15, 0.2) is 0 Å². The minimum absolute atomic E-state index is 0. The molecule has 0 aliphatic heterocycles. The third kappa shape index (κ3) is 12.2. The van der Waals surface area contributed by atoms with Gasteiger partial charge in [-0.05, 0) is 12.3 Å². The zero-order valence-electron chi connectivity index (χ0n) is 11.4. The van der Waals surface area contributed by atoms with E-state index in [-0.39, 0.29) is 47.9 Å². The summed E-state index contributed by atoms with van der Waals surface area (Å²) in [6, 6.07) is -0.297. The molecule has 17 heavy (non-hydrogen) atoms. The first-order chi connectivity index (χ1) is 7.45. The number of carbonyl (C=O) groups is 2. The van der Waals surface area contributed by atoms with Gasteiger partial charge in [0.1, 0.15) is 0 Å². The van der Waals surface area contributed by atoms with Crippen LogP contribution in [0.2, 0.25) is 0 Å². The van der Waals surface area contributed by atoms with E-state index in [9.17, 15) is 14.7 Å². The van der Waals surface area contributed by atoms with Crippen molar-refractivity contribution in [2.24, 2.45) is 5.92 Å². The molecule has 0 unspecified atom stereocenters. The number of aliphatic carboxylic acids is 1. The molecule has 0 saturated heterocycles. The fraction of sp³-hybridized carbons (Fsp3) is 0.833. The second-order valence-electron chi connectivity index (χ2n) is 4.46. The van der Waals surface area contributed by atoms with Crippen LogP contribution in [0, 0.1) is 5.92 Å². The number of carboxylic acids is 1. The normalized spacial score (nSPS) is 13.4. The Morgan fingerprint density at radius 3 is 2.35 bits per heavy atom. The zero-order chi connectivity index (χ0) is 12.6. The van der Waals surface area contributed by atoms with E-state index in [1.54, 1.807) is 0 Å². The van der Waals surface area contributed by atoms with E-state index >= 15 is 0 Å². The Bertz CT molecular complexity index is 218. The SMILES string of the molecule is CCCC[C@@H](C)C[C@@H](CC(=O)[O-])NC(C)=O.[Na+]. The van der Waals surface area contributed by atoms with Crippen LogP contribution in [0.4, 0.5) is 0 Å². The van der Waals surface area contributed by atoms with Crippen molar-refractivity contribution >= 4 is 11.9 Å². The Kier molecular flexibility index (Phi) is 12.5. The number of rotatable bonds is 8. The van der Waals surface area contributed by atoms with Crippen LogP contribution in [-0.2, 0) is 9.59 Å². The molecule has 0 spiro atoms. The molecule has 0 fully saturated rings. The summed E-state index contributed by atoms with van der Waals surface area (Å²) in [5, 5.41) is 13.2. The fourth-order valence-corrected chi connectivity index (χ4v) is 1.84. The van der Waals surface area contributed by atoms with Crippen molar-refractivity contribution in [3.05, 3.63) is 0 Å². The Hall–Kier alpha value is -0.0600. The molecule has 5 heteroatoms. The van der Waals surface area contributed by atoms with E-state index < -0.39 is 5.97 Å². The first-order valence-electron chi connectivity index (χ1n) is 5.92. The first-order valence-corrected chi connectivity index (χ1v) is 5.92. The number of carboxylic acid groups (broad SMARTS) is 1. The van der Waals surface area contributed by atoms with Gasteiger partial charge in [0.25, 0.3) is 0 Å². The van der Waals surface area contributed by atoms with Crippen molar-refractivity contribution < 1.29 is 44.3 Å². The first kappa shape index (κ1) is 19.3. The molecule has 2 atom stereocenters. The number of nitrogens with one attached hydrogen (secondary N) is 1. The van der Waals surface area contributed by atoms with Crippen LogP contribution in [0.25, 0.3) is 0 Å². The van der Waals surface area contributed by atoms with Gasteiger partial charge < -0.3 is 15.2 Å². The van der Waals surface area contributed by atoms with E-state index in [4.69, 9.17) is 0 Å². The third-order valence-electron chi connectivity index (χ3n) is 2.56. The minimum atomic E-state index is -1.11. The minimum Gasteiger partial charge on any atom is -0.550 e. The summed E-state index contributed by atoms with van der Waals surface area (Å²) >= 11 is 0. The maximum Gasteiger partial charge on any atom is 1.00 e. The van der Waals surface area contributed by atoms with Gasteiger partial charge in [-0.2, -0.15) is 0 Å². The van der Waals surface area contributed by atoms with Gasteiger partial charge in [-0.25, -0.2) is 0 Å². The predicted octanol–water partition coefficient (Wildman–Crippen LogP) is -2.15. The molecule has 0 aliphatic carbocycles. The molecular weight excluding hydrogens is 229 g/mol. The van der Waals surface area contributed by atoms with E-state index in [0.29, 0.717) is 12.3 Å². The van der Waals surface area contributed by atoms with E-state index in [2.05, 4.69) is 19.2 Å². The summed E-state index contributed by atoms with van der Waals surface area (Å²) in [5.41, 5.74) is 0. The predicted molar refractivity (Wildman–Crippen MR) is 60.5 cm³/mol. The quantitative estimate of drug-likeness (QED) is 0.500. The van der Waals surface area contributed by atoms with Crippen LogP contribution in [0.5, 0.6) is 0 Å². The molecule has 1 N–H and O–H groups in total. The molecule has 0 aromatic carbocycles. The standard InChI is InChI=1S/C12H23NO3.Na/c1-4-5-6-9(2)7-11(8-12(15)16)13-10(3)14;/h9,11H,4-8H2,1-3H3,(H,13,14)(H,15,16);/q;+1/p-1/t9-,11+;/m1./s1. The van der Waals surface area contributed by atoms with Crippen molar-refractivity contribution in [1.82, 2.24) is 5.32 Å². The molecule has 0 rings (SSSR count). The molecule has 0 aromatic heterocycles. The van der Waals surface area contributed by atoms with Crippen molar-refractivity contribution in [3.8, 4) is 0 Å². The number of hydrogen-bond acceptors (Lipinski definition) is 3.